The summed E-state index contributed by atoms with van der Waals surface area (Å²) in [7, 11) is 0. The van der Waals surface area contributed by atoms with Gasteiger partial charge in [0.15, 0.2) is 0 Å². The van der Waals surface area contributed by atoms with E-state index in [9.17, 15) is 0 Å². The molecule has 0 amide bonds. The van der Waals surface area contributed by atoms with Crippen LogP contribution >= 0.6 is 11.6 Å². The minimum Gasteiger partial charge on any atom is -0.493 e. The first-order chi connectivity index (χ1) is 8.29. The van der Waals surface area contributed by atoms with Gasteiger partial charge in [-0.05, 0) is 25.1 Å². The molecule has 0 saturated carbocycles. The van der Waals surface area contributed by atoms with E-state index in [2.05, 4.69) is 0 Å². The number of rotatable bonds is 4. The predicted octanol–water partition coefficient (Wildman–Crippen LogP) is 1.15. The van der Waals surface area contributed by atoms with Gasteiger partial charge in [-0.15, -0.1) is 0 Å². The molecular weight excluding hydrogens is 238 g/mol. The minimum absolute atomic E-state index is 0.688. The highest BCUT2D eigenvalue weighted by Crippen LogP contribution is 2.22. The van der Waals surface area contributed by atoms with Crippen LogP contribution in [-0.2, 0) is 11.3 Å². The highest BCUT2D eigenvalue weighted by atomic mass is 35.5. The van der Waals surface area contributed by atoms with Crippen LogP contribution in [0.2, 0.25) is 5.02 Å². The van der Waals surface area contributed by atoms with Crippen molar-refractivity contribution in [2.75, 3.05) is 32.9 Å². The lowest BCUT2D eigenvalue weighted by atomic mass is 10.2. The lowest BCUT2D eigenvalue weighted by molar-refractivity contribution is -0.921. The molecule has 1 N–H and O–H groups in total. The molecule has 1 heterocycles. The molecule has 0 spiro atoms. The molecule has 4 heteroatoms. The molecule has 1 saturated heterocycles. The first-order valence-corrected chi connectivity index (χ1v) is 6.50. The van der Waals surface area contributed by atoms with Gasteiger partial charge in [-0.3, -0.25) is 0 Å². The summed E-state index contributed by atoms with van der Waals surface area (Å²) < 4.78 is 11.0. The fourth-order valence-electron chi connectivity index (χ4n) is 2.09. The van der Waals surface area contributed by atoms with E-state index in [1.807, 2.05) is 25.1 Å². The first kappa shape index (κ1) is 12.7. The van der Waals surface area contributed by atoms with Crippen LogP contribution in [-0.4, -0.2) is 32.9 Å². The SMILES string of the molecule is CCOc1ccc(Cl)cc1C[NH+]1CCOCC1. The Balaban J connectivity index is 2.08. The fourth-order valence-corrected chi connectivity index (χ4v) is 2.28. The average molecular weight is 257 g/mol. The average Bonchev–Trinajstić information content (AvgIpc) is 2.34. The molecule has 0 aliphatic carbocycles. The highest BCUT2D eigenvalue weighted by Gasteiger charge is 2.16. The summed E-state index contributed by atoms with van der Waals surface area (Å²) in [5, 5.41) is 0.774. The van der Waals surface area contributed by atoms with Crippen molar-refractivity contribution in [1.29, 1.82) is 0 Å². The summed E-state index contributed by atoms with van der Waals surface area (Å²) in [5.41, 5.74) is 1.19. The molecular formula is C13H19ClNO2+. The maximum absolute atomic E-state index is 6.05. The number of morpholine rings is 1. The third-order valence-electron chi connectivity index (χ3n) is 2.96. The van der Waals surface area contributed by atoms with Crippen molar-refractivity contribution in [2.24, 2.45) is 0 Å². The molecule has 1 aliphatic rings. The van der Waals surface area contributed by atoms with Gasteiger partial charge in [0.25, 0.3) is 0 Å². The minimum atomic E-state index is 0.688. The number of halogens is 1. The van der Waals surface area contributed by atoms with E-state index in [1.165, 1.54) is 10.5 Å². The monoisotopic (exact) mass is 256 g/mol. The molecule has 94 valence electrons. The summed E-state index contributed by atoms with van der Waals surface area (Å²) >= 11 is 6.05. The van der Waals surface area contributed by atoms with Gasteiger partial charge < -0.3 is 14.4 Å². The van der Waals surface area contributed by atoms with Crippen LogP contribution in [0.3, 0.4) is 0 Å². The van der Waals surface area contributed by atoms with Gasteiger partial charge in [0.05, 0.1) is 19.8 Å². The Kier molecular flexibility index (Phi) is 4.66. The van der Waals surface area contributed by atoms with Crippen molar-refractivity contribution >= 4 is 11.6 Å². The summed E-state index contributed by atoms with van der Waals surface area (Å²) in [6, 6.07) is 5.85. The van der Waals surface area contributed by atoms with Gasteiger partial charge in [0, 0.05) is 10.6 Å². The molecule has 1 fully saturated rings. The largest absolute Gasteiger partial charge is 0.493 e. The lowest BCUT2D eigenvalue weighted by Crippen LogP contribution is -3.12. The molecule has 17 heavy (non-hydrogen) atoms. The van der Waals surface area contributed by atoms with Crippen molar-refractivity contribution in [3.8, 4) is 5.75 Å². The summed E-state index contributed by atoms with van der Waals surface area (Å²) in [5.74, 6) is 0.955. The highest BCUT2D eigenvalue weighted by molar-refractivity contribution is 6.30. The Morgan fingerprint density at radius 1 is 1.35 bits per heavy atom. The number of nitrogens with one attached hydrogen (secondary N) is 1. The van der Waals surface area contributed by atoms with Crippen LogP contribution in [0.1, 0.15) is 12.5 Å². The standard InChI is InChI=1S/C13H18ClNO2/c1-2-17-13-4-3-12(14)9-11(13)10-15-5-7-16-8-6-15/h3-4,9H,2,5-8,10H2,1H3/p+1. The van der Waals surface area contributed by atoms with E-state index in [-0.39, 0.29) is 0 Å². The second-order valence-electron chi connectivity index (χ2n) is 4.22. The normalized spacial score (nSPS) is 17.1. The number of hydrogen-bond donors (Lipinski definition) is 1. The second-order valence-corrected chi connectivity index (χ2v) is 4.66. The van der Waals surface area contributed by atoms with Crippen LogP contribution in [0.5, 0.6) is 5.75 Å². The molecule has 0 unspecified atom stereocenters. The van der Waals surface area contributed by atoms with Gasteiger partial charge in [-0.25, -0.2) is 0 Å². The maximum atomic E-state index is 6.05. The maximum Gasteiger partial charge on any atom is 0.128 e. The van der Waals surface area contributed by atoms with Crippen LogP contribution in [0, 0.1) is 0 Å². The Bertz CT molecular complexity index is 364. The number of ether oxygens (including phenoxy) is 2. The Morgan fingerprint density at radius 3 is 2.82 bits per heavy atom. The first-order valence-electron chi connectivity index (χ1n) is 6.12. The zero-order chi connectivity index (χ0) is 12.1. The molecule has 1 aliphatic heterocycles. The van der Waals surface area contributed by atoms with Crippen molar-refractivity contribution in [1.82, 2.24) is 0 Å². The predicted molar refractivity (Wildman–Crippen MR) is 67.8 cm³/mol. The molecule has 3 nitrogen and oxygen atoms in total. The fraction of sp³-hybridized carbons (Fsp3) is 0.538. The number of quaternary nitrogens is 1. The topological polar surface area (TPSA) is 22.9 Å². The number of hydrogen-bond acceptors (Lipinski definition) is 2. The third-order valence-corrected chi connectivity index (χ3v) is 3.20. The van der Waals surface area contributed by atoms with Crippen molar-refractivity contribution in [3.05, 3.63) is 28.8 Å². The molecule has 0 atom stereocenters. The van der Waals surface area contributed by atoms with E-state index >= 15 is 0 Å². The van der Waals surface area contributed by atoms with Gasteiger partial charge in [0.1, 0.15) is 25.4 Å². The third kappa shape index (κ3) is 3.60. The van der Waals surface area contributed by atoms with E-state index in [4.69, 9.17) is 21.1 Å². The molecule has 0 aromatic heterocycles. The molecule has 2 rings (SSSR count). The summed E-state index contributed by atoms with van der Waals surface area (Å²) in [6.07, 6.45) is 0. The van der Waals surface area contributed by atoms with Gasteiger partial charge in [0.2, 0.25) is 0 Å². The second kappa shape index (κ2) is 6.24. The van der Waals surface area contributed by atoms with Crippen LogP contribution in [0.15, 0.2) is 18.2 Å². The molecule has 1 aromatic carbocycles. The smallest absolute Gasteiger partial charge is 0.128 e. The molecule has 0 radical (unpaired) electrons. The summed E-state index contributed by atoms with van der Waals surface area (Å²) in [6.45, 7) is 7.45. The zero-order valence-corrected chi connectivity index (χ0v) is 10.9. The van der Waals surface area contributed by atoms with Gasteiger partial charge in [-0.2, -0.15) is 0 Å². The van der Waals surface area contributed by atoms with Crippen molar-refractivity contribution < 1.29 is 14.4 Å². The Morgan fingerprint density at radius 2 is 2.12 bits per heavy atom. The molecule has 1 aromatic rings. The van der Waals surface area contributed by atoms with E-state index < -0.39 is 0 Å². The quantitative estimate of drug-likeness (QED) is 0.874. The molecule has 0 bridgehead atoms. The van der Waals surface area contributed by atoms with Gasteiger partial charge in [-0.1, -0.05) is 11.6 Å². The van der Waals surface area contributed by atoms with Gasteiger partial charge >= 0.3 is 0 Å². The number of benzene rings is 1. The Labute approximate surface area is 107 Å². The van der Waals surface area contributed by atoms with E-state index in [1.54, 1.807) is 0 Å². The van der Waals surface area contributed by atoms with Crippen molar-refractivity contribution in [3.63, 3.8) is 0 Å². The van der Waals surface area contributed by atoms with Crippen molar-refractivity contribution in [2.45, 2.75) is 13.5 Å². The zero-order valence-electron chi connectivity index (χ0n) is 10.2. The van der Waals surface area contributed by atoms with Crippen LogP contribution < -0.4 is 9.64 Å². The lowest BCUT2D eigenvalue weighted by Gasteiger charge is -2.24. The van der Waals surface area contributed by atoms with E-state index in [0.29, 0.717) is 6.61 Å². The Hall–Kier alpha value is -0.770. The summed E-state index contributed by atoms with van der Waals surface area (Å²) in [4.78, 5) is 1.53. The van der Waals surface area contributed by atoms with Crippen LogP contribution in [0.4, 0.5) is 0 Å². The van der Waals surface area contributed by atoms with Crippen LogP contribution in [0.25, 0.3) is 0 Å². The van der Waals surface area contributed by atoms with E-state index in [0.717, 1.165) is 43.6 Å².